The molecule has 0 atom stereocenters. The largest absolute Gasteiger partial charge is 0.493 e. The van der Waals surface area contributed by atoms with Crippen LogP contribution < -0.4 is 25.0 Å². The van der Waals surface area contributed by atoms with Gasteiger partial charge in [-0.15, -0.1) is 37.2 Å². The molecule has 2 aliphatic rings. The van der Waals surface area contributed by atoms with Crippen molar-refractivity contribution in [3.8, 4) is 5.75 Å². The predicted molar refractivity (Wildman–Crippen MR) is 205 cm³/mol. The number of pyridine rings is 2. The maximum Gasteiger partial charge on any atom is 0.294 e. The fourth-order valence-corrected chi connectivity index (χ4v) is 6.57. The van der Waals surface area contributed by atoms with Crippen molar-refractivity contribution in [3.05, 3.63) is 77.0 Å². The lowest BCUT2D eigenvalue weighted by Crippen LogP contribution is -2.47. The summed E-state index contributed by atoms with van der Waals surface area (Å²) >= 11 is 0. The number of furan rings is 1. The van der Waals surface area contributed by atoms with Gasteiger partial charge in [0.1, 0.15) is 17.0 Å². The molecule has 0 unspecified atom stereocenters. The number of carbonyl (C=O) groups excluding carboxylic acids is 2. The summed E-state index contributed by atoms with van der Waals surface area (Å²) in [5, 5.41) is 0.803. The van der Waals surface area contributed by atoms with Crippen LogP contribution in [0.3, 0.4) is 0 Å². The quantitative estimate of drug-likeness (QED) is 0.125. The first-order chi connectivity index (χ1) is 22.7. The third-order valence-corrected chi connectivity index (χ3v) is 9.31. The second kappa shape index (κ2) is 17.4. The topological polar surface area (TPSA) is 104 Å². The highest BCUT2D eigenvalue weighted by Crippen LogP contribution is 2.40. The first kappa shape index (κ1) is 40.7. The van der Waals surface area contributed by atoms with Crippen LogP contribution in [0.4, 0.5) is 17.2 Å². The van der Waals surface area contributed by atoms with Crippen LogP contribution >= 0.6 is 37.2 Å². The van der Waals surface area contributed by atoms with Gasteiger partial charge in [0.2, 0.25) is 11.8 Å². The van der Waals surface area contributed by atoms with E-state index in [-0.39, 0.29) is 54.6 Å². The van der Waals surface area contributed by atoms with E-state index in [0.717, 1.165) is 37.3 Å². The maximum atomic E-state index is 13.2. The molecule has 3 aromatic heterocycles. The van der Waals surface area contributed by atoms with Crippen LogP contribution in [0.15, 0.2) is 70.3 Å². The Morgan fingerprint density at radius 2 is 1.70 bits per heavy atom. The Morgan fingerprint density at radius 3 is 2.44 bits per heavy atom. The summed E-state index contributed by atoms with van der Waals surface area (Å²) in [5.74, 6) is 1.20. The third-order valence-electron chi connectivity index (χ3n) is 9.31. The van der Waals surface area contributed by atoms with Crippen molar-refractivity contribution in [2.45, 2.75) is 53.1 Å². The highest BCUT2D eigenvalue weighted by molar-refractivity contribution is 6.20. The Morgan fingerprint density at radius 1 is 0.940 bits per heavy atom. The van der Waals surface area contributed by atoms with E-state index in [1.165, 1.54) is 18.4 Å². The molecule has 14 heteroatoms. The molecule has 6 rings (SSSR count). The molecule has 2 amide bonds. The number of anilines is 3. The van der Waals surface area contributed by atoms with Crippen molar-refractivity contribution < 1.29 is 18.7 Å². The van der Waals surface area contributed by atoms with E-state index in [4.69, 9.17) is 9.15 Å². The van der Waals surface area contributed by atoms with Gasteiger partial charge in [0.25, 0.3) is 5.56 Å². The van der Waals surface area contributed by atoms with Gasteiger partial charge < -0.3 is 28.4 Å². The van der Waals surface area contributed by atoms with Gasteiger partial charge in [0, 0.05) is 76.7 Å². The molecule has 2 aliphatic heterocycles. The fraction of sp³-hybridized carbons (Fsp3) is 0.444. The van der Waals surface area contributed by atoms with E-state index in [1.54, 1.807) is 47.6 Å². The zero-order valence-corrected chi connectivity index (χ0v) is 31.5. The van der Waals surface area contributed by atoms with E-state index in [9.17, 15) is 14.4 Å². The van der Waals surface area contributed by atoms with E-state index in [2.05, 4.69) is 26.9 Å². The molecule has 0 aliphatic carbocycles. The minimum atomic E-state index is -1.16. The van der Waals surface area contributed by atoms with Gasteiger partial charge in [0.05, 0.1) is 24.2 Å². The Bertz CT molecular complexity index is 1820. The number of aromatic nitrogens is 2. The average molecular weight is 750 g/mol. The number of nitrogens with zero attached hydrogens (tertiary/aromatic N) is 6. The molecule has 272 valence electrons. The number of rotatable bonds is 12. The third kappa shape index (κ3) is 8.39. The zero-order valence-electron chi connectivity index (χ0n) is 29.0. The van der Waals surface area contributed by atoms with Crippen molar-refractivity contribution in [1.29, 1.82) is 0 Å². The predicted octanol–water partition coefficient (Wildman–Crippen LogP) is 6.18. The fourth-order valence-electron chi connectivity index (χ4n) is 6.57. The number of hydrogen-bond donors (Lipinski definition) is 0. The number of fused-ring (bicyclic) bond motifs is 2. The van der Waals surface area contributed by atoms with Crippen molar-refractivity contribution in [1.82, 2.24) is 14.5 Å². The zero-order chi connectivity index (χ0) is 33.1. The van der Waals surface area contributed by atoms with Crippen LogP contribution in [0.5, 0.6) is 5.75 Å². The first-order valence-electron chi connectivity index (χ1n) is 16.5. The van der Waals surface area contributed by atoms with Crippen LogP contribution in [0, 0.1) is 5.41 Å². The smallest absolute Gasteiger partial charge is 0.294 e. The lowest BCUT2D eigenvalue weighted by atomic mass is 9.90. The summed E-state index contributed by atoms with van der Waals surface area (Å²) in [7, 11) is 1.71. The van der Waals surface area contributed by atoms with Gasteiger partial charge in [-0.3, -0.25) is 19.3 Å². The minimum absolute atomic E-state index is 0. The molecule has 50 heavy (non-hydrogen) atoms. The Labute approximate surface area is 311 Å². The number of carbonyl (C=O) groups is 2. The van der Waals surface area contributed by atoms with Crippen molar-refractivity contribution >= 4 is 77.2 Å². The Kier molecular flexibility index (Phi) is 14.2. The van der Waals surface area contributed by atoms with Gasteiger partial charge in [0.15, 0.2) is 5.58 Å². The molecule has 0 radical (unpaired) electrons. The molecular weight excluding hydrogens is 703 g/mol. The molecule has 11 nitrogen and oxygen atoms in total. The normalized spacial score (nSPS) is 15.3. The summed E-state index contributed by atoms with van der Waals surface area (Å²) in [6, 6.07) is 13.5. The molecule has 1 saturated heterocycles. The van der Waals surface area contributed by atoms with Gasteiger partial charge in [-0.1, -0.05) is 0 Å². The number of benzene rings is 1. The monoisotopic (exact) mass is 748 g/mol. The molecular formula is C36H47Cl3N6O5. The van der Waals surface area contributed by atoms with E-state index >= 15 is 0 Å². The van der Waals surface area contributed by atoms with Gasteiger partial charge >= 0.3 is 0 Å². The number of amides is 2. The maximum absolute atomic E-state index is 13.2. The molecule has 4 aromatic rings. The molecule has 0 N–H and O–H groups in total. The van der Waals surface area contributed by atoms with Crippen molar-refractivity contribution in [3.63, 3.8) is 0 Å². The van der Waals surface area contributed by atoms with Crippen molar-refractivity contribution in [2.75, 3.05) is 61.1 Å². The summed E-state index contributed by atoms with van der Waals surface area (Å²) in [5.41, 5.74) is 1.61. The average Bonchev–Trinajstić information content (AvgIpc) is 3.79. The second-order valence-corrected chi connectivity index (χ2v) is 12.9. The Hall–Kier alpha value is -3.77. The summed E-state index contributed by atoms with van der Waals surface area (Å²) in [6.45, 7) is 10.9. The number of hydrogen-bond acceptors (Lipinski definition) is 8. The van der Waals surface area contributed by atoms with Gasteiger partial charge in [-0.2, -0.15) is 0 Å². The van der Waals surface area contributed by atoms with E-state index in [1.807, 2.05) is 43.6 Å². The highest BCUT2D eigenvalue weighted by Gasteiger charge is 2.45. The highest BCUT2D eigenvalue weighted by atomic mass is 35.5. The standard InChI is InChI=1S/C36H44N6O5.3ClH/c1-5-42-29-10-9-28(24-30(29)38(4)34(44)36(2,3)35(42)45)46-21-8-15-39(19-20-41-18-12-27-13-22-47-32(27)33(41)43)25-26-11-14-37-31(23-26)40-16-6-7-17-40;;;/h9-14,18,22-24H,5-8,15-17,19-21,25H2,1-4H3;3*1H. The second-order valence-electron chi connectivity index (χ2n) is 12.9. The van der Waals surface area contributed by atoms with Crippen LogP contribution in [-0.4, -0.2) is 72.6 Å². The number of ether oxygens (including phenoxy) is 1. The molecule has 0 bridgehead atoms. The van der Waals surface area contributed by atoms with Gasteiger partial charge in [-0.05, 0) is 82.0 Å². The Balaban J connectivity index is 0.00000225. The lowest BCUT2D eigenvalue weighted by molar-refractivity contribution is -0.137. The molecule has 1 fully saturated rings. The van der Waals surface area contributed by atoms with Crippen molar-refractivity contribution in [2.24, 2.45) is 5.41 Å². The SMILES string of the molecule is CCN1C(=O)C(C)(C)C(=O)N(C)c2cc(OCCCN(CCn3ccc4ccoc4c3=O)Cc3ccnc(N4CCCC4)c3)ccc21.Cl.Cl.Cl. The molecule has 5 heterocycles. The lowest BCUT2D eigenvalue weighted by Gasteiger charge is -2.27. The number of halogens is 3. The van der Waals surface area contributed by atoms with Crippen LogP contribution in [-0.2, 0) is 22.7 Å². The minimum Gasteiger partial charge on any atom is -0.493 e. The van der Waals surface area contributed by atoms with Gasteiger partial charge in [-0.25, -0.2) is 4.98 Å². The van der Waals surface area contributed by atoms with Crippen LogP contribution in [0.2, 0.25) is 0 Å². The van der Waals surface area contributed by atoms with E-state index in [0.29, 0.717) is 55.5 Å². The summed E-state index contributed by atoms with van der Waals surface area (Å²) in [6.07, 6.45) is 8.38. The van der Waals surface area contributed by atoms with E-state index < -0.39 is 5.41 Å². The first-order valence-corrected chi connectivity index (χ1v) is 16.5. The van der Waals surface area contributed by atoms with Crippen LogP contribution in [0.25, 0.3) is 11.0 Å². The summed E-state index contributed by atoms with van der Waals surface area (Å²) < 4.78 is 13.3. The summed E-state index contributed by atoms with van der Waals surface area (Å²) in [4.78, 5) is 52.0. The molecule has 0 saturated carbocycles. The molecule has 1 aromatic carbocycles. The molecule has 0 spiro atoms. The van der Waals surface area contributed by atoms with Crippen LogP contribution in [0.1, 0.15) is 45.6 Å².